The molecule has 0 unspecified atom stereocenters. The number of hydrogen-bond donors (Lipinski definition) is 4. The van der Waals surface area contributed by atoms with Crippen LogP contribution in [0.2, 0.25) is 5.02 Å². The maximum atomic E-state index is 10.7. The number of piperidine rings is 1. The number of hydrogen-bond acceptors (Lipinski definition) is 6. The van der Waals surface area contributed by atoms with E-state index in [0.717, 1.165) is 46.8 Å². The normalized spacial score (nSPS) is 18.6. The largest absolute Gasteiger partial charge is 0.490 e. The molecule has 8 nitrogen and oxygen atoms in total. The van der Waals surface area contributed by atoms with Gasteiger partial charge in [-0.25, -0.2) is 9.59 Å². The number of rotatable bonds is 6. The second kappa shape index (κ2) is 12.2. The number of aliphatic hydroxyl groups excluding tert-OH is 1. The molecule has 38 heavy (non-hydrogen) atoms. The van der Waals surface area contributed by atoms with Crippen molar-refractivity contribution in [3.8, 4) is 5.75 Å². The number of halogens is 1. The maximum Gasteiger partial charge on any atom is 0.414 e. The predicted molar refractivity (Wildman–Crippen MR) is 150 cm³/mol. The number of aryl methyl sites for hydroxylation is 1. The Labute approximate surface area is 229 Å². The van der Waals surface area contributed by atoms with Crippen LogP contribution < -0.4 is 4.74 Å². The maximum absolute atomic E-state index is 10.7. The summed E-state index contributed by atoms with van der Waals surface area (Å²) in [5.41, 5.74) is 2.17. The number of ether oxygens (including phenoxy) is 1. The van der Waals surface area contributed by atoms with Crippen LogP contribution in [0.25, 0.3) is 21.0 Å². The predicted octanol–water partition coefficient (Wildman–Crippen LogP) is 5.51. The molecule has 0 aliphatic carbocycles. The molecule has 0 spiro atoms. The Kier molecular flexibility index (Phi) is 8.94. The molecule has 0 amide bonds. The zero-order chi connectivity index (χ0) is 27.4. The summed E-state index contributed by atoms with van der Waals surface area (Å²) in [6.45, 7) is 6.24. The van der Waals surface area contributed by atoms with Crippen molar-refractivity contribution in [1.29, 1.82) is 0 Å². The van der Waals surface area contributed by atoms with Crippen molar-refractivity contribution in [1.82, 2.24) is 9.88 Å². The van der Waals surface area contributed by atoms with Gasteiger partial charge < -0.3 is 25.0 Å². The highest BCUT2D eigenvalue weighted by atomic mass is 35.5. The standard InChI is InChI=1S/C26H29ClN2O2S.C2H2O4/c1-16-10-22-23(28-16)4-3-5-24(22)31-15-21(30)14-29-9-8-18(11-17(29)2)26-13-19-12-20(27)6-7-25(19)32-26;3-1(4)2(5)6/h3-7,10,12-13,17-18,21,28,30H,8-9,11,14-15H2,1-2H3;(H,3,4)(H,5,6)/t17-,18-,21-;/m0./s1. The van der Waals surface area contributed by atoms with Crippen molar-refractivity contribution < 1.29 is 29.6 Å². The summed E-state index contributed by atoms with van der Waals surface area (Å²) in [6, 6.07) is 17.0. The zero-order valence-electron chi connectivity index (χ0n) is 21.2. The van der Waals surface area contributed by atoms with Crippen LogP contribution in [0.15, 0.2) is 48.5 Å². The third kappa shape index (κ3) is 6.85. The molecule has 3 heterocycles. The summed E-state index contributed by atoms with van der Waals surface area (Å²) in [4.78, 5) is 25.4. The van der Waals surface area contributed by atoms with Crippen molar-refractivity contribution in [2.75, 3.05) is 19.7 Å². The number of H-pyrrole nitrogens is 1. The number of carboxylic acids is 2. The Bertz CT molecular complexity index is 1420. The SMILES string of the molecule is Cc1cc2c(OC[C@@H](O)CN3CC[C@H](c4cc5cc(Cl)ccc5s4)C[C@@H]3C)cccc2[nH]1.O=C(O)C(=O)O. The van der Waals surface area contributed by atoms with Crippen LogP contribution in [0.1, 0.15) is 36.3 Å². The van der Waals surface area contributed by atoms with Gasteiger partial charge in [-0.2, -0.15) is 0 Å². The molecule has 4 N–H and O–H groups in total. The molecule has 1 aliphatic rings. The van der Waals surface area contributed by atoms with Crippen molar-refractivity contribution in [3.05, 3.63) is 64.1 Å². The highest BCUT2D eigenvalue weighted by Crippen LogP contribution is 2.39. The highest BCUT2D eigenvalue weighted by molar-refractivity contribution is 7.19. The van der Waals surface area contributed by atoms with Gasteiger partial charge in [0.2, 0.25) is 0 Å². The second-order valence-electron chi connectivity index (χ2n) is 9.64. The lowest BCUT2D eigenvalue weighted by Crippen LogP contribution is -2.45. The molecule has 5 rings (SSSR count). The van der Waals surface area contributed by atoms with Crippen LogP contribution in [0.3, 0.4) is 0 Å². The van der Waals surface area contributed by atoms with Gasteiger partial charge in [0, 0.05) is 43.8 Å². The molecule has 1 fully saturated rings. The van der Waals surface area contributed by atoms with Crippen LogP contribution >= 0.6 is 22.9 Å². The lowest BCUT2D eigenvalue weighted by molar-refractivity contribution is -0.159. The first-order valence-electron chi connectivity index (χ1n) is 12.4. The van der Waals surface area contributed by atoms with E-state index >= 15 is 0 Å². The summed E-state index contributed by atoms with van der Waals surface area (Å²) in [5.74, 6) is -2.26. The van der Waals surface area contributed by atoms with Crippen LogP contribution in [-0.4, -0.2) is 69.0 Å². The van der Waals surface area contributed by atoms with E-state index in [2.05, 4.69) is 41.1 Å². The smallest absolute Gasteiger partial charge is 0.414 e. The zero-order valence-corrected chi connectivity index (χ0v) is 22.8. The van der Waals surface area contributed by atoms with Gasteiger partial charge in [-0.05, 0) is 87.0 Å². The molecule has 2 aromatic heterocycles. The molecule has 0 saturated carbocycles. The monoisotopic (exact) mass is 558 g/mol. The number of thiophene rings is 1. The number of fused-ring (bicyclic) bond motifs is 2. The van der Waals surface area contributed by atoms with Gasteiger partial charge in [0.15, 0.2) is 0 Å². The lowest BCUT2D eigenvalue weighted by Gasteiger charge is -2.38. The second-order valence-corrected chi connectivity index (χ2v) is 11.2. The fourth-order valence-electron chi connectivity index (χ4n) is 4.89. The molecule has 1 aliphatic heterocycles. The van der Waals surface area contributed by atoms with Gasteiger partial charge in [0.1, 0.15) is 18.5 Å². The van der Waals surface area contributed by atoms with Gasteiger partial charge >= 0.3 is 11.9 Å². The number of carboxylic acid groups (broad SMARTS) is 2. The summed E-state index contributed by atoms with van der Waals surface area (Å²) >= 11 is 8.05. The van der Waals surface area contributed by atoms with E-state index in [0.29, 0.717) is 25.1 Å². The first-order valence-corrected chi connectivity index (χ1v) is 13.6. The van der Waals surface area contributed by atoms with Crippen LogP contribution in [0.5, 0.6) is 5.75 Å². The third-order valence-corrected chi connectivity index (χ3v) is 8.25. The minimum Gasteiger partial charge on any atom is -0.490 e. The molecule has 10 heteroatoms. The minimum atomic E-state index is -1.82. The highest BCUT2D eigenvalue weighted by Gasteiger charge is 2.29. The Morgan fingerprint density at radius 1 is 1.18 bits per heavy atom. The first kappa shape index (κ1) is 27.9. The van der Waals surface area contributed by atoms with Crippen LogP contribution in [0, 0.1) is 6.92 Å². The molecular weight excluding hydrogens is 528 g/mol. The average Bonchev–Trinajstić information content (AvgIpc) is 3.46. The van der Waals surface area contributed by atoms with Crippen molar-refractivity contribution in [2.24, 2.45) is 0 Å². The van der Waals surface area contributed by atoms with E-state index in [1.807, 2.05) is 42.5 Å². The topological polar surface area (TPSA) is 123 Å². The van der Waals surface area contributed by atoms with E-state index in [1.54, 1.807) is 0 Å². The number of β-amino-alcohol motifs (C(OH)–C–C–N with tert-alkyl or cyclic N) is 1. The fraction of sp³-hybridized carbons (Fsp3) is 0.357. The number of likely N-dealkylation sites (tertiary alicyclic amines) is 1. The van der Waals surface area contributed by atoms with E-state index in [-0.39, 0.29) is 0 Å². The third-order valence-electron chi connectivity index (χ3n) is 6.73. The van der Waals surface area contributed by atoms with Crippen molar-refractivity contribution in [3.63, 3.8) is 0 Å². The van der Waals surface area contributed by atoms with E-state index in [4.69, 9.17) is 36.1 Å². The summed E-state index contributed by atoms with van der Waals surface area (Å²) < 4.78 is 7.30. The van der Waals surface area contributed by atoms with E-state index in [1.165, 1.54) is 15.0 Å². The molecule has 3 atom stereocenters. The summed E-state index contributed by atoms with van der Waals surface area (Å²) in [7, 11) is 0. The number of nitrogens with zero attached hydrogens (tertiary/aromatic N) is 1. The molecule has 4 aromatic rings. The van der Waals surface area contributed by atoms with E-state index < -0.39 is 18.0 Å². The average molecular weight is 559 g/mol. The number of aliphatic carboxylic acids is 2. The minimum absolute atomic E-state index is 0.299. The molecule has 1 saturated heterocycles. The Morgan fingerprint density at radius 2 is 1.95 bits per heavy atom. The molecular formula is C28H31ClN2O6S. The van der Waals surface area contributed by atoms with Gasteiger partial charge in [-0.1, -0.05) is 17.7 Å². The van der Waals surface area contributed by atoms with Crippen LogP contribution in [-0.2, 0) is 9.59 Å². The quantitative estimate of drug-likeness (QED) is 0.230. The first-order chi connectivity index (χ1) is 18.1. The Morgan fingerprint density at radius 3 is 2.66 bits per heavy atom. The number of carbonyl (C=O) groups is 2. The molecule has 2 aromatic carbocycles. The van der Waals surface area contributed by atoms with E-state index in [9.17, 15) is 5.11 Å². The summed E-state index contributed by atoms with van der Waals surface area (Å²) in [6.07, 6.45) is 1.70. The van der Waals surface area contributed by atoms with Gasteiger partial charge in [-0.3, -0.25) is 4.90 Å². The van der Waals surface area contributed by atoms with Gasteiger partial charge in [0.05, 0.1) is 0 Å². The molecule has 0 radical (unpaired) electrons. The number of benzene rings is 2. The Balaban J connectivity index is 0.000000505. The van der Waals surface area contributed by atoms with Crippen molar-refractivity contribution >= 4 is 55.9 Å². The molecule has 0 bridgehead atoms. The van der Waals surface area contributed by atoms with Gasteiger partial charge in [-0.15, -0.1) is 11.3 Å². The fourth-order valence-corrected chi connectivity index (χ4v) is 6.26. The summed E-state index contributed by atoms with van der Waals surface area (Å²) in [5, 5.41) is 28.6. The number of aromatic nitrogens is 1. The number of aromatic amines is 1. The number of aliphatic hydroxyl groups is 1. The Hall–Kier alpha value is -3.11. The molecule has 202 valence electrons. The number of nitrogens with one attached hydrogen (secondary N) is 1. The van der Waals surface area contributed by atoms with Crippen molar-refractivity contribution in [2.45, 2.75) is 44.8 Å². The van der Waals surface area contributed by atoms with Crippen LogP contribution in [0.4, 0.5) is 0 Å². The van der Waals surface area contributed by atoms with Gasteiger partial charge in [0.25, 0.3) is 0 Å². The lowest BCUT2D eigenvalue weighted by atomic mass is 9.90.